The molecule has 0 spiro atoms. The number of rotatable bonds is 4. The van der Waals surface area contributed by atoms with E-state index in [1.807, 2.05) is 4.90 Å². The number of carbonyl (C=O) groups excluding carboxylic acids is 3. The number of nitrogens with one attached hydrogen (secondary N) is 1. The third-order valence-corrected chi connectivity index (χ3v) is 5.05. The summed E-state index contributed by atoms with van der Waals surface area (Å²) in [6.07, 6.45) is 4.78. The Hall–Kier alpha value is -3.43. The molecule has 10 heteroatoms. The van der Waals surface area contributed by atoms with Crippen LogP contribution in [0.1, 0.15) is 12.7 Å². The van der Waals surface area contributed by atoms with Crippen molar-refractivity contribution in [2.45, 2.75) is 12.5 Å². The van der Waals surface area contributed by atoms with Gasteiger partial charge in [-0.1, -0.05) is 0 Å². The van der Waals surface area contributed by atoms with E-state index in [0.717, 1.165) is 4.90 Å². The lowest BCUT2D eigenvalue weighted by Gasteiger charge is -2.35. The summed E-state index contributed by atoms with van der Waals surface area (Å²) in [6, 6.07) is 4.41. The van der Waals surface area contributed by atoms with Gasteiger partial charge in [0.15, 0.2) is 5.54 Å². The van der Waals surface area contributed by atoms with E-state index in [4.69, 9.17) is 4.42 Å². The molecule has 0 aromatic carbocycles. The average molecular weight is 384 g/mol. The molecule has 2 aromatic rings. The molecule has 146 valence electrons. The number of piperazine rings is 1. The van der Waals surface area contributed by atoms with Crippen molar-refractivity contribution in [1.82, 2.24) is 25.1 Å². The van der Waals surface area contributed by atoms with Gasteiger partial charge in [-0.25, -0.2) is 14.8 Å². The van der Waals surface area contributed by atoms with E-state index in [0.29, 0.717) is 37.9 Å². The monoisotopic (exact) mass is 384 g/mol. The number of carbonyl (C=O) groups is 3. The lowest BCUT2D eigenvalue weighted by Crippen LogP contribution is -2.52. The molecule has 0 bridgehead atoms. The molecule has 10 nitrogen and oxygen atoms in total. The van der Waals surface area contributed by atoms with Gasteiger partial charge in [0.2, 0.25) is 11.9 Å². The first kappa shape index (κ1) is 18.0. The standard InChI is InChI=1S/C18H20N6O4/c1-18(13-4-2-11-28-13)15(26)24(17(27)21-18)12-14(25)22-7-9-23(10-8-22)16-19-5-3-6-20-16/h2-6,11H,7-10,12H2,1H3,(H,21,27)/t18-/m1/s1. The fourth-order valence-corrected chi connectivity index (χ4v) is 3.42. The minimum Gasteiger partial charge on any atom is -0.466 e. The predicted octanol–water partition coefficient (Wildman–Crippen LogP) is 0.185. The molecule has 1 N–H and O–H groups in total. The summed E-state index contributed by atoms with van der Waals surface area (Å²) in [5, 5.41) is 2.62. The molecule has 4 heterocycles. The van der Waals surface area contributed by atoms with E-state index in [9.17, 15) is 14.4 Å². The van der Waals surface area contributed by atoms with E-state index < -0.39 is 17.5 Å². The van der Waals surface area contributed by atoms with Crippen LogP contribution in [0.5, 0.6) is 0 Å². The van der Waals surface area contributed by atoms with E-state index in [-0.39, 0.29) is 12.5 Å². The first-order chi connectivity index (χ1) is 13.5. The van der Waals surface area contributed by atoms with Crippen LogP contribution in [0.25, 0.3) is 0 Å². The number of hydrogen-bond donors (Lipinski definition) is 1. The molecule has 4 rings (SSSR count). The Labute approximate surface area is 161 Å². The SMILES string of the molecule is C[C@]1(c2ccco2)NC(=O)N(CC(=O)N2CCN(c3ncccn3)CC2)C1=O. The van der Waals surface area contributed by atoms with Crippen molar-refractivity contribution in [2.24, 2.45) is 0 Å². The van der Waals surface area contributed by atoms with Gasteiger partial charge < -0.3 is 19.5 Å². The second-order valence-electron chi connectivity index (χ2n) is 6.84. The van der Waals surface area contributed by atoms with Gasteiger partial charge in [-0.3, -0.25) is 14.5 Å². The van der Waals surface area contributed by atoms with Crippen LogP contribution < -0.4 is 10.2 Å². The Balaban J connectivity index is 1.38. The minimum atomic E-state index is -1.30. The minimum absolute atomic E-state index is 0.277. The van der Waals surface area contributed by atoms with E-state index in [1.54, 1.807) is 42.4 Å². The number of imide groups is 1. The topological polar surface area (TPSA) is 112 Å². The summed E-state index contributed by atoms with van der Waals surface area (Å²) in [7, 11) is 0. The number of nitrogens with zero attached hydrogens (tertiary/aromatic N) is 5. The number of anilines is 1. The maximum Gasteiger partial charge on any atom is 0.325 e. The third kappa shape index (κ3) is 3.06. The highest BCUT2D eigenvalue weighted by molar-refractivity contribution is 6.08. The van der Waals surface area contributed by atoms with Crippen LogP contribution >= 0.6 is 0 Å². The van der Waals surface area contributed by atoms with Gasteiger partial charge in [0.05, 0.1) is 6.26 Å². The van der Waals surface area contributed by atoms with Gasteiger partial charge in [-0.15, -0.1) is 0 Å². The lowest BCUT2D eigenvalue weighted by atomic mass is 9.99. The smallest absolute Gasteiger partial charge is 0.325 e. The first-order valence-corrected chi connectivity index (χ1v) is 8.97. The molecule has 1 atom stereocenters. The Morgan fingerprint density at radius 2 is 1.89 bits per heavy atom. The maximum absolute atomic E-state index is 12.8. The van der Waals surface area contributed by atoms with Crippen LogP contribution in [0.4, 0.5) is 10.7 Å². The van der Waals surface area contributed by atoms with Crippen LogP contribution in [-0.4, -0.2) is 70.3 Å². The van der Waals surface area contributed by atoms with Crippen LogP contribution in [0.2, 0.25) is 0 Å². The number of amides is 4. The Morgan fingerprint density at radius 1 is 1.18 bits per heavy atom. The summed E-state index contributed by atoms with van der Waals surface area (Å²) >= 11 is 0. The highest BCUT2D eigenvalue weighted by Crippen LogP contribution is 2.29. The molecule has 0 radical (unpaired) electrons. The van der Waals surface area contributed by atoms with Gasteiger partial charge in [0.25, 0.3) is 5.91 Å². The highest BCUT2D eigenvalue weighted by atomic mass is 16.3. The molecule has 2 aliphatic rings. The molecule has 0 saturated carbocycles. The molecule has 2 aromatic heterocycles. The molecule has 2 fully saturated rings. The summed E-state index contributed by atoms with van der Waals surface area (Å²) < 4.78 is 5.29. The van der Waals surface area contributed by atoms with Crippen LogP contribution in [0, 0.1) is 0 Å². The molecule has 4 amide bonds. The van der Waals surface area contributed by atoms with Crippen LogP contribution in [0.3, 0.4) is 0 Å². The van der Waals surface area contributed by atoms with E-state index in [2.05, 4.69) is 15.3 Å². The third-order valence-electron chi connectivity index (χ3n) is 5.05. The fourth-order valence-electron chi connectivity index (χ4n) is 3.42. The number of hydrogen-bond acceptors (Lipinski definition) is 7. The van der Waals surface area contributed by atoms with E-state index >= 15 is 0 Å². The molecule has 28 heavy (non-hydrogen) atoms. The molecular weight excluding hydrogens is 364 g/mol. The first-order valence-electron chi connectivity index (χ1n) is 8.97. The molecule has 2 saturated heterocycles. The molecule has 0 aliphatic carbocycles. The summed E-state index contributed by atoms with van der Waals surface area (Å²) in [6.45, 7) is 3.37. The molecule has 2 aliphatic heterocycles. The summed E-state index contributed by atoms with van der Waals surface area (Å²) in [5.74, 6) is 0.174. The summed E-state index contributed by atoms with van der Waals surface area (Å²) in [5.41, 5.74) is -1.30. The normalized spacial score (nSPS) is 22.5. The Morgan fingerprint density at radius 3 is 2.54 bits per heavy atom. The average Bonchev–Trinajstić information content (AvgIpc) is 3.33. The van der Waals surface area contributed by atoms with Crippen molar-refractivity contribution in [3.63, 3.8) is 0 Å². The molecule has 0 unspecified atom stereocenters. The van der Waals surface area contributed by atoms with E-state index in [1.165, 1.54) is 6.26 Å². The highest BCUT2D eigenvalue weighted by Gasteiger charge is 2.51. The van der Waals surface area contributed by atoms with Crippen molar-refractivity contribution in [3.8, 4) is 0 Å². The van der Waals surface area contributed by atoms with Gasteiger partial charge in [0, 0.05) is 38.6 Å². The second-order valence-corrected chi connectivity index (χ2v) is 6.84. The second kappa shape index (κ2) is 6.95. The maximum atomic E-state index is 12.8. The summed E-state index contributed by atoms with van der Waals surface area (Å²) in [4.78, 5) is 50.8. The van der Waals surface area contributed by atoms with Gasteiger partial charge in [0.1, 0.15) is 12.3 Å². The number of aromatic nitrogens is 2. The number of furan rings is 1. The zero-order valence-corrected chi connectivity index (χ0v) is 15.4. The van der Waals surface area contributed by atoms with Gasteiger partial charge in [-0.05, 0) is 25.1 Å². The lowest BCUT2D eigenvalue weighted by molar-refractivity contribution is -0.139. The quantitative estimate of drug-likeness (QED) is 0.749. The van der Waals surface area contributed by atoms with Crippen molar-refractivity contribution in [2.75, 3.05) is 37.6 Å². The largest absolute Gasteiger partial charge is 0.466 e. The predicted molar refractivity (Wildman–Crippen MR) is 97.1 cm³/mol. The Kier molecular flexibility index (Phi) is 4.46. The van der Waals surface area contributed by atoms with Crippen molar-refractivity contribution < 1.29 is 18.8 Å². The number of urea groups is 1. The Bertz CT molecular complexity index is 879. The van der Waals surface area contributed by atoms with Gasteiger partial charge >= 0.3 is 6.03 Å². The van der Waals surface area contributed by atoms with Gasteiger partial charge in [-0.2, -0.15) is 0 Å². The zero-order chi connectivity index (χ0) is 19.7. The van der Waals surface area contributed by atoms with Crippen LogP contribution in [0.15, 0.2) is 41.3 Å². The van der Waals surface area contributed by atoms with Crippen molar-refractivity contribution in [3.05, 3.63) is 42.6 Å². The van der Waals surface area contributed by atoms with Crippen LogP contribution in [-0.2, 0) is 15.1 Å². The fraction of sp³-hybridized carbons (Fsp3) is 0.389. The molecular formula is C18H20N6O4. The van der Waals surface area contributed by atoms with Crippen molar-refractivity contribution >= 4 is 23.8 Å². The van der Waals surface area contributed by atoms with Crippen molar-refractivity contribution in [1.29, 1.82) is 0 Å². The zero-order valence-electron chi connectivity index (χ0n) is 15.4.